The van der Waals surface area contributed by atoms with Crippen LogP contribution in [-0.4, -0.2) is 33.2 Å². The molecule has 140 valence electrons. The van der Waals surface area contributed by atoms with Crippen LogP contribution >= 0.6 is 0 Å². The molecule has 27 heavy (non-hydrogen) atoms. The number of carbonyl (C=O) groups excluding carboxylic acids is 1. The number of hydrogen-bond donors (Lipinski definition) is 1. The van der Waals surface area contributed by atoms with Crippen LogP contribution in [0.15, 0.2) is 59.5 Å². The van der Waals surface area contributed by atoms with Crippen LogP contribution in [0, 0.1) is 6.92 Å². The van der Waals surface area contributed by atoms with Crippen molar-refractivity contribution in [3.63, 3.8) is 0 Å². The second-order valence-electron chi connectivity index (χ2n) is 6.14. The Hall–Kier alpha value is -3.03. The summed E-state index contributed by atoms with van der Waals surface area (Å²) in [5, 5.41) is 9.84. The molecular weight excluding hydrogens is 348 g/mol. The average molecular weight is 368 g/mol. The van der Waals surface area contributed by atoms with E-state index in [0.29, 0.717) is 11.3 Å². The molecule has 3 aromatic rings. The first-order valence-corrected chi connectivity index (χ1v) is 8.48. The normalized spacial score (nSPS) is 12.1. The van der Waals surface area contributed by atoms with Crippen LogP contribution in [0.1, 0.15) is 16.8 Å². The van der Waals surface area contributed by atoms with Crippen LogP contribution in [0.3, 0.4) is 0 Å². The van der Waals surface area contributed by atoms with Gasteiger partial charge in [0.25, 0.3) is 5.56 Å². The second-order valence-corrected chi connectivity index (χ2v) is 6.14. The summed E-state index contributed by atoms with van der Waals surface area (Å²) in [6.07, 6.45) is 0.284. The quantitative estimate of drug-likeness (QED) is 0.638. The number of aliphatic hydroxyl groups is 1. The number of aromatic nitrogens is 2. The van der Waals surface area contributed by atoms with Gasteiger partial charge in [0.1, 0.15) is 12.3 Å². The number of aliphatic hydroxyl groups excluding tert-OH is 1. The van der Waals surface area contributed by atoms with E-state index in [0.717, 1.165) is 11.1 Å². The molecular formula is C20H20N2O5. The van der Waals surface area contributed by atoms with Crippen LogP contribution in [0.2, 0.25) is 0 Å². The van der Waals surface area contributed by atoms with Crippen molar-refractivity contribution in [2.24, 2.45) is 0 Å². The number of pyridine rings is 1. The highest BCUT2D eigenvalue weighted by Gasteiger charge is 2.17. The summed E-state index contributed by atoms with van der Waals surface area (Å²) in [7, 11) is 0. The third-order valence-corrected chi connectivity index (χ3v) is 3.88. The molecule has 2 heterocycles. The highest BCUT2D eigenvalue weighted by Crippen LogP contribution is 2.05. The van der Waals surface area contributed by atoms with Gasteiger partial charge in [-0.05, 0) is 24.1 Å². The molecule has 2 aromatic heterocycles. The zero-order valence-electron chi connectivity index (χ0n) is 14.9. The number of esters is 1. The summed E-state index contributed by atoms with van der Waals surface area (Å²) >= 11 is 0. The van der Waals surface area contributed by atoms with Gasteiger partial charge in [-0.3, -0.25) is 9.20 Å². The van der Waals surface area contributed by atoms with E-state index in [1.807, 2.05) is 43.3 Å². The maximum Gasteiger partial charge on any atom is 0.337 e. The van der Waals surface area contributed by atoms with E-state index in [2.05, 4.69) is 4.98 Å². The minimum absolute atomic E-state index is 0.180. The lowest BCUT2D eigenvalue weighted by molar-refractivity contribution is -0.158. The van der Waals surface area contributed by atoms with Crippen LogP contribution in [0.25, 0.3) is 5.65 Å². The molecule has 3 rings (SSSR count). The van der Waals surface area contributed by atoms with Crippen molar-refractivity contribution in [1.82, 2.24) is 9.38 Å². The Bertz CT molecular complexity index is 985. The van der Waals surface area contributed by atoms with Crippen LogP contribution in [0.5, 0.6) is 0 Å². The minimum atomic E-state index is -1.40. The van der Waals surface area contributed by atoms with E-state index in [1.165, 1.54) is 10.5 Å². The molecule has 7 nitrogen and oxygen atoms in total. The van der Waals surface area contributed by atoms with Gasteiger partial charge in [0.15, 0.2) is 6.10 Å². The van der Waals surface area contributed by atoms with Gasteiger partial charge in [0.05, 0.1) is 18.9 Å². The van der Waals surface area contributed by atoms with Crippen molar-refractivity contribution in [2.45, 2.75) is 26.2 Å². The van der Waals surface area contributed by atoms with E-state index in [-0.39, 0.29) is 25.4 Å². The lowest BCUT2D eigenvalue weighted by Crippen LogP contribution is -2.28. The van der Waals surface area contributed by atoms with Crippen molar-refractivity contribution in [3.05, 3.63) is 81.9 Å². The number of hydrogen-bond acceptors (Lipinski definition) is 6. The lowest BCUT2D eigenvalue weighted by Gasteiger charge is -2.11. The Morgan fingerprint density at radius 2 is 1.96 bits per heavy atom. The van der Waals surface area contributed by atoms with Crippen LogP contribution in [-0.2, 0) is 27.5 Å². The van der Waals surface area contributed by atoms with Crippen molar-refractivity contribution in [3.8, 4) is 0 Å². The average Bonchev–Trinajstić information content (AvgIpc) is 2.67. The van der Waals surface area contributed by atoms with Crippen molar-refractivity contribution < 1.29 is 19.4 Å². The highest BCUT2D eigenvalue weighted by atomic mass is 16.6. The van der Waals surface area contributed by atoms with Gasteiger partial charge < -0.3 is 14.6 Å². The Labute approximate surface area is 155 Å². The summed E-state index contributed by atoms with van der Waals surface area (Å²) in [6, 6.07) is 14.3. The lowest BCUT2D eigenvalue weighted by atomic mass is 10.2. The molecule has 1 atom stereocenters. The zero-order chi connectivity index (χ0) is 19.2. The molecule has 1 N–H and O–H groups in total. The summed E-state index contributed by atoms with van der Waals surface area (Å²) in [5.74, 6) is -0.825. The van der Waals surface area contributed by atoms with Gasteiger partial charge in [0.2, 0.25) is 0 Å². The molecule has 0 amide bonds. The van der Waals surface area contributed by atoms with Crippen molar-refractivity contribution in [1.29, 1.82) is 0 Å². The third kappa shape index (κ3) is 4.99. The molecule has 0 saturated heterocycles. The summed E-state index contributed by atoms with van der Waals surface area (Å²) in [6.45, 7) is 1.78. The zero-order valence-corrected chi connectivity index (χ0v) is 14.9. The van der Waals surface area contributed by atoms with E-state index in [4.69, 9.17) is 9.47 Å². The molecule has 0 aliphatic heterocycles. The maximum atomic E-state index is 12.1. The van der Waals surface area contributed by atoms with Gasteiger partial charge >= 0.3 is 5.97 Å². The SMILES string of the molecule is Cc1ccc2nc(COC(=O)[C@H](O)COCc3ccccc3)cc(=O)n2c1. The first-order valence-electron chi connectivity index (χ1n) is 8.48. The number of carbonyl (C=O) groups is 1. The highest BCUT2D eigenvalue weighted by molar-refractivity contribution is 5.74. The Morgan fingerprint density at radius 1 is 1.19 bits per heavy atom. The predicted molar refractivity (Wildman–Crippen MR) is 98.1 cm³/mol. The van der Waals surface area contributed by atoms with Gasteiger partial charge in [-0.2, -0.15) is 0 Å². The summed E-state index contributed by atoms with van der Waals surface area (Å²) in [5.41, 5.74) is 2.39. The number of benzene rings is 1. The smallest absolute Gasteiger partial charge is 0.337 e. The largest absolute Gasteiger partial charge is 0.457 e. The fourth-order valence-corrected chi connectivity index (χ4v) is 2.50. The number of rotatable bonds is 7. The molecule has 0 spiro atoms. The van der Waals surface area contributed by atoms with E-state index < -0.39 is 12.1 Å². The number of aryl methyl sites for hydroxylation is 1. The van der Waals surface area contributed by atoms with E-state index in [1.54, 1.807) is 12.3 Å². The molecule has 0 fully saturated rings. The minimum Gasteiger partial charge on any atom is -0.457 e. The van der Waals surface area contributed by atoms with Crippen molar-refractivity contribution in [2.75, 3.05) is 6.61 Å². The Morgan fingerprint density at radius 3 is 2.74 bits per heavy atom. The fourth-order valence-electron chi connectivity index (χ4n) is 2.50. The molecule has 0 radical (unpaired) electrons. The molecule has 0 aliphatic carbocycles. The first kappa shape index (κ1) is 18.8. The first-order chi connectivity index (χ1) is 13.0. The van der Waals surface area contributed by atoms with E-state index in [9.17, 15) is 14.7 Å². The maximum absolute atomic E-state index is 12.1. The van der Waals surface area contributed by atoms with E-state index >= 15 is 0 Å². The molecule has 0 saturated carbocycles. The fraction of sp³-hybridized carbons (Fsp3) is 0.250. The molecule has 7 heteroatoms. The van der Waals surface area contributed by atoms with Crippen LogP contribution < -0.4 is 5.56 Å². The van der Waals surface area contributed by atoms with Gasteiger partial charge in [0, 0.05) is 12.3 Å². The third-order valence-electron chi connectivity index (χ3n) is 3.88. The number of fused-ring (bicyclic) bond motifs is 1. The molecule has 0 aliphatic rings. The molecule has 1 aromatic carbocycles. The Balaban J connectivity index is 1.53. The van der Waals surface area contributed by atoms with Gasteiger partial charge in [-0.25, -0.2) is 9.78 Å². The molecule has 0 unspecified atom stereocenters. The van der Waals surface area contributed by atoms with Gasteiger partial charge in [-0.15, -0.1) is 0 Å². The predicted octanol–water partition coefficient (Wildman–Crippen LogP) is 1.62. The van der Waals surface area contributed by atoms with Crippen molar-refractivity contribution >= 4 is 11.6 Å². The Kier molecular flexibility index (Phi) is 5.95. The summed E-state index contributed by atoms with van der Waals surface area (Å²) in [4.78, 5) is 28.3. The monoisotopic (exact) mass is 368 g/mol. The second kappa shape index (κ2) is 8.57. The molecule has 0 bridgehead atoms. The van der Waals surface area contributed by atoms with Gasteiger partial charge in [-0.1, -0.05) is 36.4 Å². The topological polar surface area (TPSA) is 90.1 Å². The number of ether oxygens (including phenoxy) is 2. The number of nitrogens with zero attached hydrogens (tertiary/aromatic N) is 2. The summed E-state index contributed by atoms with van der Waals surface area (Å²) < 4.78 is 11.8. The standard InChI is InChI=1S/C20H20N2O5/c1-14-7-8-18-21-16(9-19(24)22(18)10-14)12-27-20(25)17(23)13-26-11-15-5-3-2-4-6-15/h2-10,17,23H,11-13H2,1H3/t17-/m1/s1. The van der Waals surface area contributed by atoms with Crippen LogP contribution in [0.4, 0.5) is 0 Å².